The first-order chi connectivity index (χ1) is 12.2. The summed E-state index contributed by atoms with van der Waals surface area (Å²) in [6.45, 7) is 6.03. The number of aliphatic hydroxyl groups excluding tert-OH is 4. The highest BCUT2D eigenvalue weighted by Crippen LogP contribution is 2.22. The van der Waals surface area contributed by atoms with Gasteiger partial charge in [0.15, 0.2) is 0 Å². The Bertz CT molecular complexity index is 362. The van der Waals surface area contributed by atoms with E-state index in [2.05, 4.69) is 6.92 Å². The summed E-state index contributed by atoms with van der Waals surface area (Å²) in [4.78, 5) is 10.5. The molecule has 6 heteroatoms. The van der Waals surface area contributed by atoms with E-state index in [0.717, 1.165) is 25.7 Å². The van der Waals surface area contributed by atoms with Gasteiger partial charge in [0.05, 0.1) is 30.8 Å². The zero-order valence-corrected chi connectivity index (χ0v) is 16.7. The van der Waals surface area contributed by atoms with Crippen LogP contribution < -0.4 is 0 Å². The van der Waals surface area contributed by atoms with E-state index in [-0.39, 0.29) is 18.3 Å². The quantitative estimate of drug-likeness (QED) is 0.264. The molecule has 0 aromatic carbocycles. The van der Waals surface area contributed by atoms with Crippen molar-refractivity contribution in [2.75, 3.05) is 0 Å². The largest absolute Gasteiger partial charge is 0.481 e. The number of rotatable bonds is 16. The Morgan fingerprint density at radius 1 is 0.846 bits per heavy atom. The molecule has 0 aliphatic heterocycles. The molecule has 0 saturated carbocycles. The molecule has 0 aromatic rings. The van der Waals surface area contributed by atoms with Crippen LogP contribution in [0.15, 0.2) is 0 Å². The third-order valence-electron chi connectivity index (χ3n) is 5.04. The average Bonchev–Trinajstić information content (AvgIpc) is 2.54. The molecule has 0 aliphatic carbocycles. The highest BCUT2D eigenvalue weighted by atomic mass is 16.4. The fraction of sp³-hybridized carbons (Fsp3) is 0.950. The van der Waals surface area contributed by atoms with E-state index >= 15 is 0 Å². The van der Waals surface area contributed by atoms with Gasteiger partial charge in [0.2, 0.25) is 0 Å². The van der Waals surface area contributed by atoms with Gasteiger partial charge in [-0.3, -0.25) is 4.79 Å². The maximum absolute atomic E-state index is 10.5. The van der Waals surface area contributed by atoms with Crippen molar-refractivity contribution in [1.82, 2.24) is 0 Å². The number of aliphatic carboxylic acids is 1. The van der Waals surface area contributed by atoms with Crippen LogP contribution in [0.3, 0.4) is 0 Å². The second kappa shape index (κ2) is 14.4. The maximum atomic E-state index is 10.5. The van der Waals surface area contributed by atoms with Gasteiger partial charge in [0.1, 0.15) is 0 Å². The first kappa shape index (κ1) is 25.3. The Morgan fingerprint density at radius 2 is 1.42 bits per heavy atom. The van der Waals surface area contributed by atoms with Crippen LogP contribution in [-0.2, 0) is 4.79 Å². The molecule has 0 bridgehead atoms. The summed E-state index contributed by atoms with van der Waals surface area (Å²) >= 11 is 0. The Morgan fingerprint density at radius 3 is 1.96 bits per heavy atom. The number of unbranched alkanes of at least 4 members (excludes halogenated alkanes) is 2. The van der Waals surface area contributed by atoms with E-state index in [4.69, 9.17) is 5.11 Å². The standard InChI is InChI=1S/C20H40O6/c1-4-5-8-15(3)20(26)18(23)12-14(2)11-16(21)9-6-7-10-17(22)13-19(24)25/h14-18,20-23,26H,4-13H2,1-3H3,(H,24,25). The van der Waals surface area contributed by atoms with E-state index in [0.29, 0.717) is 32.1 Å². The molecule has 156 valence electrons. The maximum Gasteiger partial charge on any atom is 0.305 e. The molecule has 0 aliphatic rings. The third-order valence-corrected chi connectivity index (χ3v) is 5.04. The monoisotopic (exact) mass is 376 g/mol. The molecule has 0 fully saturated rings. The second-order valence-corrected chi connectivity index (χ2v) is 7.94. The molecular weight excluding hydrogens is 336 g/mol. The van der Waals surface area contributed by atoms with Gasteiger partial charge in [-0.25, -0.2) is 0 Å². The molecule has 0 rings (SSSR count). The van der Waals surface area contributed by atoms with E-state index < -0.39 is 30.4 Å². The lowest BCUT2D eigenvalue weighted by atomic mass is 9.88. The number of carboxylic acid groups (broad SMARTS) is 1. The minimum Gasteiger partial charge on any atom is -0.481 e. The van der Waals surface area contributed by atoms with Crippen LogP contribution in [0, 0.1) is 11.8 Å². The summed E-state index contributed by atoms with van der Waals surface area (Å²) in [6, 6.07) is 0. The number of aliphatic hydroxyl groups is 4. The van der Waals surface area contributed by atoms with Crippen molar-refractivity contribution in [3.63, 3.8) is 0 Å². The van der Waals surface area contributed by atoms with Crippen molar-refractivity contribution in [3.05, 3.63) is 0 Å². The van der Waals surface area contributed by atoms with Crippen molar-refractivity contribution in [2.24, 2.45) is 11.8 Å². The van der Waals surface area contributed by atoms with Gasteiger partial charge in [0, 0.05) is 0 Å². The minimum atomic E-state index is -1.00. The Labute approximate surface area is 158 Å². The first-order valence-corrected chi connectivity index (χ1v) is 10.1. The highest BCUT2D eigenvalue weighted by molar-refractivity contribution is 5.67. The van der Waals surface area contributed by atoms with E-state index in [1.807, 2.05) is 13.8 Å². The zero-order valence-electron chi connectivity index (χ0n) is 16.7. The lowest BCUT2D eigenvalue weighted by molar-refractivity contribution is -0.139. The smallest absolute Gasteiger partial charge is 0.305 e. The zero-order chi connectivity index (χ0) is 20.1. The summed E-state index contributed by atoms with van der Waals surface area (Å²) in [5, 5.41) is 48.6. The molecule has 0 amide bonds. The van der Waals surface area contributed by atoms with E-state index in [1.165, 1.54) is 0 Å². The molecule has 0 aromatic heterocycles. The number of hydrogen-bond donors (Lipinski definition) is 5. The molecule has 0 saturated heterocycles. The fourth-order valence-electron chi connectivity index (χ4n) is 3.37. The van der Waals surface area contributed by atoms with Crippen LogP contribution in [0.2, 0.25) is 0 Å². The molecule has 6 nitrogen and oxygen atoms in total. The topological polar surface area (TPSA) is 118 Å². The normalized spacial score (nSPS) is 18.7. The van der Waals surface area contributed by atoms with Crippen LogP contribution in [0.25, 0.3) is 0 Å². The fourth-order valence-corrected chi connectivity index (χ4v) is 3.37. The van der Waals surface area contributed by atoms with Gasteiger partial charge >= 0.3 is 5.97 Å². The van der Waals surface area contributed by atoms with Gasteiger partial charge in [0.25, 0.3) is 0 Å². The van der Waals surface area contributed by atoms with Gasteiger partial charge in [-0.1, -0.05) is 46.5 Å². The lowest BCUT2D eigenvalue weighted by Gasteiger charge is -2.26. The molecule has 0 spiro atoms. The molecule has 6 unspecified atom stereocenters. The van der Waals surface area contributed by atoms with Crippen molar-refractivity contribution in [1.29, 1.82) is 0 Å². The first-order valence-electron chi connectivity index (χ1n) is 10.1. The Hall–Kier alpha value is -0.690. The third kappa shape index (κ3) is 12.6. The summed E-state index contributed by atoms with van der Waals surface area (Å²) in [5.41, 5.74) is 0. The Balaban J connectivity index is 3.96. The van der Waals surface area contributed by atoms with Gasteiger partial charge in [-0.15, -0.1) is 0 Å². The molecule has 5 N–H and O–H groups in total. The number of carboxylic acids is 1. The lowest BCUT2D eigenvalue weighted by Crippen LogP contribution is -2.34. The summed E-state index contributed by atoms with van der Waals surface area (Å²) < 4.78 is 0. The van der Waals surface area contributed by atoms with E-state index in [1.54, 1.807) is 0 Å². The molecule has 0 heterocycles. The predicted molar refractivity (Wildman–Crippen MR) is 102 cm³/mol. The van der Waals surface area contributed by atoms with Crippen LogP contribution in [-0.4, -0.2) is 55.9 Å². The molecule has 0 radical (unpaired) electrons. The van der Waals surface area contributed by atoms with Crippen LogP contribution >= 0.6 is 0 Å². The molecule has 26 heavy (non-hydrogen) atoms. The highest BCUT2D eigenvalue weighted by Gasteiger charge is 2.25. The molecule has 6 atom stereocenters. The summed E-state index contributed by atoms with van der Waals surface area (Å²) in [7, 11) is 0. The molecular formula is C20H40O6. The van der Waals surface area contributed by atoms with Crippen molar-refractivity contribution >= 4 is 5.97 Å². The van der Waals surface area contributed by atoms with Gasteiger partial charge in [-0.05, 0) is 43.9 Å². The van der Waals surface area contributed by atoms with Gasteiger partial charge < -0.3 is 25.5 Å². The minimum absolute atomic E-state index is 0.0688. The van der Waals surface area contributed by atoms with E-state index in [9.17, 15) is 25.2 Å². The van der Waals surface area contributed by atoms with Crippen LogP contribution in [0.5, 0.6) is 0 Å². The second-order valence-electron chi connectivity index (χ2n) is 7.94. The Kier molecular flexibility index (Phi) is 14.0. The predicted octanol–water partition coefficient (Wildman–Crippen LogP) is 2.71. The summed E-state index contributed by atoms with van der Waals surface area (Å²) in [6.07, 6.45) is 3.42. The number of carbonyl (C=O) groups is 1. The summed E-state index contributed by atoms with van der Waals surface area (Å²) in [5.74, 6) is -0.832. The van der Waals surface area contributed by atoms with Crippen molar-refractivity contribution < 1.29 is 30.3 Å². The SMILES string of the molecule is CCCCC(C)C(O)C(O)CC(C)CC(O)CCCCC(O)CC(=O)O. The van der Waals surface area contributed by atoms with Gasteiger partial charge in [-0.2, -0.15) is 0 Å². The number of hydrogen-bond acceptors (Lipinski definition) is 5. The average molecular weight is 377 g/mol. The van der Waals surface area contributed by atoms with Crippen molar-refractivity contribution in [3.8, 4) is 0 Å². The van der Waals surface area contributed by atoms with Crippen LogP contribution in [0.4, 0.5) is 0 Å². The van der Waals surface area contributed by atoms with Crippen LogP contribution in [0.1, 0.15) is 85.0 Å². The van der Waals surface area contributed by atoms with Crippen molar-refractivity contribution in [2.45, 2.75) is 109 Å².